The topological polar surface area (TPSA) is 184 Å². The molecule has 0 saturated carbocycles. The Labute approximate surface area is 183 Å². The molecule has 0 amide bonds. The number of carbonyl (C=O) groups is 1. The summed E-state index contributed by atoms with van der Waals surface area (Å²) in [6.07, 6.45) is -0.392. The number of aliphatic hydroxyl groups excluding tert-OH is 3. The fourth-order valence-corrected chi connectivity index (χ4v) is 4.06. The molecule has 1 aliphatic rings. The average Bonchev–Trinajstić information content (AvgIpc) is 3.21. The molecule has 0 saturated heterocycles. The van der Waals surface area contributed by atoms with Crippen molar-refractivity contribution in [1.29, 1.82) is 0 Å². The number of benzene rings is 1. The Hall–Kier alpha value is -3.00. The van der Waals surface area contributed by atoms with Gasteiger partial charge < -0.3 is 25.2 Å². The number of hydrogen-bond acceptors (Lipinski definition) is 9. The second-order valence-electron chi connectivity index (χ2n) is 7.51. The molecular weight excluding hydrogens is 444 g/mol. The maximum absolute atomic E-state index is 11.7. The minimum absolute atomic E-state index is 0.295. The highest BCUT2D eigenvalue weighted by atomic mass is 32.2. The van der Waals surface area contributed by atoms with Gasteiger partial charge in [-0.3, -0.25) is 4.72 Å². The van der Waals surface area contributed by atoms with Crippen LogP contribution in [0.15, 0.2) is 42.3 Å². The lowest BCUT2D eigenvalue weighted by atomic mass is 9.87. The predicted octanol–water partition coefficient (Wildman–Crippen LogP) is -0.425. The van der Waals surface area contributed by atoms with Crippen molar-refractivity contribution >= 4 is 21.7 Å². The molecule has 3 rings (SSSR count). The number of aliphatic hydroxyl groups is 3. The van der Waals surface area contributed by atoms with E-state index in [-0.39, 0.29) is 0 Å². The summed E-state index contributed by atoms with van der Waals surface area (Å²) < 4.78 is 32.5. The van der Waals surface area contributed by atoms with E-state index in [1.54, 1.807) is 31.2 Å². The Morgan fingerprint density at radius 3 is 2.62 bits per heavy atom. The quantitative estimate of drug-likeness (QED) is 0.341. The standard InChI is InChI=1S/C19H24N4O8S/c1-10-14(7-16(19(27)28)31-18(10)17(26)15(25)9-24)23-8-13(20-22-23)11-5-3-4-6-12(11)21-32(2,29)30/h3-8,10,14-15,17-18,21,24-26H,9H2,1-2H3,(H,27,28)/t10-,14+,15-,17-,18-/m1/s1. The van der Waals surface area contributed by atoms with E-state index < -0.39 is 58.6 Å². The molecule has 1 aromatic carbocycles. The van der Waals surface area contributed by atoms with Crippen LogP contribution in [-0.4, -0.2) is 81.0 Å². The number of nitrogens with one attached hydrogen (secondary N) is 1. The number of rotatable bonds is 8. The highest BCUT2D eigenvalue weighted by Gasteiger charge is 2.41. The van der Waals surface area contributed by atoms with Gasteiger partial charge in [-0.15, -0.1) is 5.10 Å². The number of carboxylic acids is 1. The van der Waals surface area contributed by atoms with Crippen molar-refractivity contribution in [3.05, 3.63) is 42.3 Å². The van der Waals surface area contributed by atoms with E-state index in [9.17, 15) is 28.5 Å². The Kier molecular flexibility index (Phi) is 6.83. The lowest BCUT2D eigenvalue weighted by molar-refractivity contribution is -0.148. The van der Waals surface area contributed by atoms with Gasteiger partial charge in [-0.25, -0.2) is 17.9 Å². The van der Waals surface area contributed by atoms with Crippen LogP contribution < -0.4 is 4.72 Å². The summed E-state index contributed by atoms with van der Waals surface area (Å²) in [4.78, 5) is 11.6. The first-order valence-corrected chi connectivity index (χ1v) is 11.5. The van der Waals surface area contributed by atoms with Gasteiger partial charge in [0.05, 0.1) is 30.8 Å². The minimum atomic E-state index is -3.54. The number of hydrogen-bond donors (Lipinski definition) is 5. The van der Waals surface area contributed by atoms with Crippen LogP contribution in [0.25, 0.3) is 11.3 Å². The van der Waals surface area contributed by atoms with E-state index in [0.29, 0.717) is 16.9 Å². The summed E-state index contributed by atoms with van der Waals surface area (Å²) >= 11 is 0. The Balaban J connectivity index is 1.98. The largest absolute Gasteiger partial charge is 0.480 e. The van der Waals surface area contributed by atoms with Gasteiger partial charge in [0.25, 0.3) is 0 Å². The number of allylic oxidation sites excluding steroid dienone is 1. The molecule has 0 radical (unpaired) electrons. The lowest BCUT2D eigenvalue weighted by Gasteiger charge is -2.37. The number of aromatic nitrogens is 3. The van der Waals surface area contributed by atoms with Crippen molar-refractivity contribution in [2.45, 2.75) is 31.3 Å². The number of ether oxygens (including phenoxy) is 1. The molecule has 5 N–H and O–H groups in total. The highest BCUT2D eigenvalue weighted by Crippen LogP contribution is 2.35. The number of para-hydroxylation sites is 1. The van der Waals surface area contributed by atoms with E-state index in [1.165, 1.54) is 17.0 Å². The summed E-state index contributed by atoms with van der Waals surface area (Å²) in [5, 5.41) is 46.9. The maximum atomic E-state index is 11.7. The van der Waals surface area contributed by atoms with Gasteiger partial charge in [0.1, 0.15) is 24.0 Å². The molecule has 0 bridgehead atoms. The van der Waals surface area contributed by atoms with E-state index in [1.807, 2.05) is 0 Å². The fraction of sp³-hybridized carbons (Fsp3) is 0.421. The maximum Gasteiger partial charge on any atom is 0.370 e. The van der Waals surface area contributed by atoms with Gasteiger partial charge >= 0.3 is 5.97 Å². The van der Waals surface area contributed by atoms with E-state index in [4.69, 9.17) is 9.84 Å². The molecule has 5 atom stereocenters. The Morgan fingerprint density at radius 2 is 2.00 bits per heavy atom. The highest BCUT2D eigenvalue weighted by molar-refractivity contribution is 7.92. The molecule has 12 nitrogen and oxygen atoms in total. The number of aliphatic carboxylic acids is 1. The van der Waals surface area contributed by atoms with Gasteiger partial charge in [-0.2, -0.15) is 0 Å². The molecule has 1 aromatic heterocycles. The van der Waals surface area contributed by atoms with Gasteiger partial charge in [-0.1, -0.05) is 30.3 Å². The lowest BCUT2D eigenvalue weighted by Crippen LogP contribution is -2.48. The van der Waals surface area contributed by atoms with Gasteiger partial charge in [0.2, 0.25) is 15.8 Å². The summed E-state index contributed by atoms with van der Waals surface area (Å²) in [6, 6.07) is 5.85. The van der Waals surface area contributed by atoms with Crippen LogP contribution >= 0.6 is 0 Å². The molecule has 0 aliphatic carbocycles. The summed E-state index contributed by atoms with van der Waals surface area (Å²) in [5.74, 6) is -2.40. The zero-order valence-electron chi connectivity index (χ0n) is 17.2. The smallest absolute Gasteiger partial charge is 0.370 e. The predicted molar refractivity (Wildman–Crippen MR) is 112 cm³/mol. The van der Waals surface area contributed by atoms with E-state index in [0.717, 1.165) is 6.26 Å². The molecule has 0 unspecified atom stereocenters. The SMILES string of the molecule is C[C@H]1[C@H]([C@H](O)[C@H](O)CO)OC(C(=O)O)=C[C@@H]1n1cc(-c2ccccc2NS(C)(=O)=O)nn1. The molecule has 2 heterocycles. The van der Waals surface area contributed by atoms with Crippen LogP contribution in [0.3, 0.4) is 0 Å². The first-order valence-electron chi connectivity index (χ1n) is 9.59. The van der Waals surface area contributed by atoms with Crippen LogP contribution in [-0.2, 0) is 19.6 Å². The van der Waals surface area contributed by atoms with Crippen LogP contribution in [0.5, 0.6) is 0 Å². The summed E-state index contributed by atoms with van der Waals surface area (Å²) in [7, 11) is -3.54. The third kappa shape index (κ3) is 5.07. The number of anilines is 1. The van der Waals surface area contributed by atoms with Crippen molar-refractivity contribution in [3.8, 4) is 11.3 Å². The third-order valence-electron chi connectivity index (χ3n) is 5.08. The van der Waals surface area contributed by atoms with Crippen LogP contribution in [0.4, 0.5) is 5.69 Å². The Bertz CT molecular complexity index is 1120. The molecule has 32 heavy (non-hydrogen) atoms. The summed E-state index contributed by atoms with van der Waals surface area (Å²) in [6.45, 7) is 0.931. The minimum Gasteiger partial charge on any atom is -0.480 e. The number of nitrogens with zero attached hydrogens (tertiary/aromatic N) is 3. The molecule has 0 fully saturated rings. The zero-order valence-corrected chi connectivity index (χ0v) is 18.0. The molecule has 174 valence electrons. The Morgan fingerprint density at radius 1 is 1.31 bits per heavy atom. The van der Waals surface area contributed by atoms with Crippen LogP contribution in [0.2, 0.25) is 0 Å². The second kappa shape index (κ2) is 9.24. The van der Waals surface area contributed by atoms with Crippen LogP contribution in [0, 0.1) is 5.92 Å². The number of carboxylic acid groups (broad SMARTS) is 1. The van der Waals surface area contributed by atoms with E-state index in [2.05, 4.69) is 15.0 Å². The first-order chi connectivity index (χ1) is 15.0. The fourth-order valence-electron chi connectivity index (χ4n) is 3.48. The monoisotopic (exact) mass is 468 g/mol. The van der Waals surface area contributed by atoms with Gasteiger partial charge in [0.15, 0.2) is 0 Å². The normalized spacial score (nSPS) is 23.0. The second-order valence-corrected chi connectivity index (χ2v) is 9.26. The molecule has 13 heteroatoms. The van der Waals surface area contributed by atoms with Crippen molar-refractivity contribution in [2.75, 3.05) is 17.6 Å². The van der Waals surface area contributed by atoms with Crippen molar-refractivity contribution in [3.63, 3.8) is 0 Å². The van der Waals surface area contributed by atoms with Crippen molar-refractivity contribution in [1.82, 2.24) is 15.0 Å². The van der Waals surface area contributed by atoms with Crippen molar-refractivity contribution in [2.24, 2.45) is 5.92 Å². The zero-order chi connectivity index (χ0) is 23.6. The number of sulfonamides is 1. The third-order valence-corrected chi connectivity index (χ3v) is 5.68. The van der Waals surface area contributed by atoms with E-state index >= 15 is 0 Å². The van der Waals surface area contributed by atoms with Crippen molar-refractivity contribution < 1.29 is 38.4 Å². The molecule has 2 aromatic rings. The average molecular weight is 468 g/mol. The molecular formula is C19H24N4O8S. The summed E-state index contributed by atoms with van der Waals surface area (Å²) in [5.41, 5.74) is 1.08. The molecule has 0 spiro atoms. The van der Waals surface area contributed by atoms with Gasteiger partial charge in [-0.05, 0) is 12.1 Å². The van der Waals surface area contributed by atoms with Crippen LogP contribution in [0.1, 0.15) is 13.0 Å². The molecule has 1 aliphatic heterocycles. The van der Waals surface area contributed by atoms with Gasteiger partial charge in [0, 0.05) is 11.5 Å². The first kappa shape index (κ1) is 23.7.